The van der Waals surface area contributed by atoms with Crippen LogP contribution in [0.15, 0.2) is 18.9 Å². The van der Waals surface area contributed by atoms with Crippen LogP contribution in [0.25, 0.3) is 10.9 Å². The first-order valence-corrected chi connectivity index (χ1v) is 10.1. The van der Waals surface area contributed by atoms with Gasteiger partial charge in [0.1, 0.15) is 17.2 Å². The van der Waals surface area contributed by atoms with E-state index < -0.39 is 0 Å². The number of hydrogen-bond donors (Lipinski definition) is 0. The van der Waals surface area contributed by atoms with Crippen LogP contribution in [0.4, 0.5) is 14.6 Å². The van der Waals surface area contributed by atoms with Crippen molar-refractivity contribution in [1.82, 2.24) is 15.0 Å². The van der Waals surface area contributed by atoms with E-state index in [9.17, 15) is 8.78 Å². The predicted octanol–water partition coefficient (Wildman–Crippen LogP) is 6.39. The number of hydrogen-bond acceptors (Lipinski definition) is 4. The van der Waals surface area contributed by atoms with Gasteiger partial charge in [0, 0.05) is 19.8 Å². The Balaban J connectivity index is 0.000000906. The Morgan fingerprint density at radius 1 is 1.25 bits per heavy atom. The molecule has 0 aliphatic heterocycles. The summed E-state index contributed by atoms with van der Waals surface area (Å²) >= 11 is 0. The fourth-order valence-corrected chi connectivity index (χ4v) is 2.38. The van der Waals surface area contributed by atoms with Crippen molar-refractivity contribution in [3.8, 4) is 0 Å². The lowest BCUT2D eigenvalue weighted by Crippen LogP contribution is -2.20. The smallest absolute Gasteiger partial charge is 0.171 e. The average molecular weight is 395 g/mol. The number of pyridine rings is 1. The molecule has 0 saturated heterocycles. The normalized spacial score (nSPS) is 10.1. The van der Waals surface area contributed by atoms with Gasteiger partial charge >= 0.3 is 0 Å². The highest BCUT2D eigenvalue weighted by molar-refractivity contribution is 5.89. The highest BCUT2D eigenvalue weighted by Gasteiger charge is 2.18. The first-order valence-electron chi connectivity index (χ1n) is 10.1. The zero-order chi connectivity index (χ0) is 21.7. The van der Waals surface area contributed by atoms with Gasteiger partial charge in [-0.05, 0) is 25.7 Å². The van der Waals surface area contributed by atoms with Gasteiger partial charge in [0.15, 0.2) is 5.82 Å². The molecule has 0 saturated carbocycles. The third-order valence-corrected chi connectivity index (χ3v) is 3.87. The first-order chi connectivity index (χ1) is 13.4. The second kappa shape index (κ2) is 14.0. The maximum absolute atomic E-state index is 14.6. The summed E-state index contributed by atoms with van der Waals surface area (Å²) in [6, 6.07) is 0. The minimum Gasteiger partial charge on any atom is -0.359 e. The van der Waals surface area contributed by atoms with Crippen LogP contribution in [0, 0.1) is 12.7 Å². The lowest BCUT2D eigenvalue weighted by molar-refractivity contribution is 0.469. The summed E-state index contributed by atoms with van der Waals surface area (Å²) in [5.74, 6) is 0.946. The third kappa shape index (κ3) is 7.49. The Labute approximate surface area is 169 Å². The molecule has 4 nitrogen and oxygen atoms in total. The molecule has 2 aromatic heterocycles. The van der Waals surface area contributed by atoms with Gasteiger partial charge in [-0.1, -0.05) is 47.1 Å². The summed E-state index contributed by atoms with van der Waals surface area (Å²) in [6.45, 7) is 15.9. The van der Waals surface area contributed by atoms with Crippen molar-refractivity contribution in [1.29, 1.82) is 0 Å². The minimum atomic E-state index is -0.341. The molecule has 158 valence electrons. The molecule has 0 fully saturated rings. The molecule has 0 radical (unpaired) electrons. The molecule has 2 aromatic rings. The van der Waals surface area contributed by atoms with E-state index in [4.69, 9.17) is 0 Å². The van der Waals surface area contributed by atoms with E-state index in [1.165, 1.54) is 0 Å². The van der Waals surface area contributed by atoms with Gasteiger partial charge in [-0.15, -0.1) is 6.58 Å². The largest absolute Gasteiger partial charge is 0.359 e. The zero-order valence-corrected chi connectivity index (χ0v) is 18.5. The number of fused-ring (bicyclic) bond motifs is 1. The summed E-state index contributed by atoms with van der Waals surface area (Å²) in [4.78, 5) is 15.0. The van der Waals surface area contributed by atoms with E-state index in [0.29, 0.717) is 28.2 Å². The summed E-state index contributed by atoms with van der Waals surface area (Å²) in [5, 5.41) is 0.647. The number of anilines is 1. The van der Waals surface area contributed by atoms with Crippen LogP contribution in [-0.4, -0.2) is 35.2 Å². The summed E-state index contributed by atoms with van der Waals surface area (Å²) in [6.07, 6.45) is 6.05. The average Bonchev–Trinajstić information content (AvgIpc) is 2.68. The molecule has 2 rings (SSSR count). The predicted molar refractivity (Wildman–Crippen MR) is 116 cm³/mol. The zero-order valence-electron chi connectivity index (χ0n) is 18.5. The van der Waals surface area contributed by atoms with Gasteiger partial charge in [0.05, 0.1) is 17.8 Å². The van der Waals surface area contributed by atoms with Gasteiger partial charge in [0.25, 0.3) is 0 Å². The van der Waals surface area contributed by atoms with Gasteiger partial charge in [-0.3, -0.25) is 9.37 Å². The standard InChI is InChI=1S/C16H21FN4.C4H9F.C2H6/c1-6-7-8-21(5)16-12-9-18-14(10(2)3)13(17)15(12)19-11(4)20-16;1-2-3-4-5;1-2/h6,9-10H,1,7-8H2,2-5H3;2-4H2,1H3;1-2H3. The van der Waals surface area contributed by atoms with Crippen LogP contribution in [0.1, 0.15) is 71.3 Å². The SMILES string of the molecule is C=CCCN(C)c1nc(C)nc2c(F)c(C(C)C)ncc12.CC.CCCCF. The maximum atomic E-state index is 14.6. The van der Waals surface area contributed by atoms with Crippen LogP contribution in [0.5, 0.6) is 0 Å². The monoisotopic (exact) mass is 394 g/mol. The highest BCUT2D eigenvalue weighted by Crippen LogP contribution is 2.28. The number of alkyl halides is 1. The summed E-state index contributed by atoms with van der Waals surface area (Å²) in [5.41, 5.74) is 0.793. The molecule has 0 atom stereocenters. The first kappa shape index (κ1) is 25.9. The van der Waals surface area contributed by atoms with E-state index in [1.807, 2.05) is 52.6 Å². The van der Waals surface area contributed by atoms with Crippen LogP contribution in [0.2, 0.25) is 0 Å². The molecule has 28 heavy (non-hydrogen) atoms. The molecule has 0 amide bonds. The van der Waals surface area contributed by atoms with Crippen LogP contribution >= 0.6 is 0 Å². The molecule has 0 N–H and O–H groups in total. The van der Waals surface area contributed by atoms with Gasteiger partial charge < -0.3 is 4.90 Å². The number of nitrogens with zero attached hydrogens (tertiary/aromatic N) is 4. The number of unbranched alkanes of at least 4 members (excludes halogenated alkanes) is 1. The quantitative estimate of drug-likeness (QED) is 0.510. The topological polar surface area (TPSA) is 41.9 Å². The van der Waals surface area contributed by atoms with E-state index in [-0.39, 0.29) is 18.4 Å². The molecule has 0 aliphatic rings. The van der Waals surface area contributed by atoms with Crippen molar-refractivity contribution in [2.45, 2.75) is 66.7 Å². The lowest BCUT2D eigenvalue weighted by atomic mass is 10.1. The lowest BCUT2D eigenvalue weighted by Gasteiger charge is -2.20. The second-order valence-electron chi connectivity index (χ2n) is 6.51. The van der Waals surface area contributed by atoms with Crippen molar-refractivity contribution in [3.05, 3.63) is 36.2 Å². The minimum absolute atomic E-state index is 0.0200. The molecule has 6 heteroatoms. The molecule has 0 aliphatic carbocycles. The van der Waals surface area contributed by atoms with Crippen LogP contribution in [-0.2, 0) is 0 Å². The Hall–Kier alpha value is -2.11. The highest BCUT2D eigenvalue weighted by atomic mass is 19.1. The molecular formula is C22H36F2N4. The van der Waals surface area contributed by atoms with Crippen molar-refractivity contribution in [2.75, 3.05) is 25.2 Å². The molecular weight excluding hydrogens is 358 g/mol. The van der Waals surface area contributed by atoms with Crippen molar-refractivity contribution >= 4 is 16.7 Å². The van der Waals surface area contributed by atoms with E-state index in [1.54, 1.807) is 13.1 Å². The summed E-state index contributed by atoms with van der Waals surface area (Å²) in [7, 11) is 1.93. The van der Waals surface area contributed by atoms with Crippen molar-refractivity contribution in [3.63, 3.8) is 0 Å². The molecule has 0 unspecified atom stereocenters. The molecule has 0 spiro atoms. The van der Waals surface area contributed by atoms with E-state index >= 15 is 0 Å². The van der Waals surface area contributed by atoms with Crippen LogP contribution < -0.4 is 4.90 Å². The maximum Gasteiger partial charge on any atom is 0.171 e. The number of aromatic nitrogens is 3. The fourth-order valence-electron chi connectivity index (χ4n) is 2.38. The number of halogens is 2. The summed E-state index contributed by atoms with van der Waals surface area (Å²) < 4.78 is 25.6. The fraction of sp³-hybridized carbons (Fsp3) is 0.591. The molecule has 0 aromatic carbocycles. The molecule has 2 heterocycles. The van der Waals surface area contributed by atoms with Crippen molar-refractivity contribution in [2.24, 2.45) is 0 Å². The van der Waals surface area contributed by atoms with Gasteiger partial charge in [-0.25, -0.2) is 14.4 Å². The number of aryl methyl sites for hydroxylation is 1. The Morgan fingerprint density at radius 3 is 2.36 bits per heavy atom. The van der Waals surface area contributed by atoms with Crippen LogP contribution in [0.3, 0.4) is 0 Å². The third-order valence-electron chi connectivity index (χ3n) is 3.87. The number of rotatable bonds is 7. The van der Waals surface area contributed by atoms with E-state index in [0.717, 1.165) is 25.8 Å². The Morgan fingerprint density at radius 2 is 1.89 bits per heavy atom. The van der Waals surface area contributed by atoms with E-state index in [2.05, 4.69) is 21.5 Å². The Kier molecular flexibility index (Phi) is 12.9. The Bertz CT molecular complexity index is 715. The van der Waals surface area contributed by atoms with Crippen molar-refractivity contribution < 1.29 is 8.78 Å². The molecule has 0 bridgehead atoms. The second-order valence-corrected chi connectivity index (χ2v) is 6.51. The van der Waals surface area contributed by atoms with Gasteiger partial charge in [-0.2, -0.15) is 0 Å². The van der Waals surface area contributed by atoms with Gasteiger partial charge in [0.2, 0.25) is 0 Å².